The van der Waals surface area contributed by atoms with Crippen molar-refractivity contribution in [1.82, 2.24) is 0 Å². The van der Waals surface area contributed by atoms with Crippen LogP contribution in [-0.2, 0) is 0 Å². The second-order valence-corrected chi connectivity index (χ2v) is 2.92. The van der Waals surface area contributed by atoms with E-state index in [1.165, 1.54) is 19.2 Å². The normalized spacial score (nSPS) is 24.3. The Morgan fingerprint density at radius 2 is 2.14 bits per heavy atom. The minimum atomic E-state index is 0.745. The second kappa shape index (κ2) is 1.54. The van der Waals surface area contributed by atoms with E-state index in [0.717, 1.165) is 5.41 Å². The first-order valence-electron chi connectivity index (χ1n) is 3.05. The molecule has 0 aliphatic heterocycles. The molecule has 7 heavy (non-hydrogen) atoms. The molecule has 39 valence electrons. The highest BCUT2D eigenvalue weighted by Crippen LogP contribution is 2.48. The van der Waals surface area contributed by atoms with Gasteiger partial charge in [-0.15, -0.1) is 0 Å². The first kappa shape index (κ1) is 5.21. The molecule has 0 aromatic rings. The molecule has 0 spiro atoms. The molecule has 0 nitrogen and oxygen atoms in total. The summed E-state index contributed by atoms with van der Waals surface area (Å²) in [5.41, 5.74) is 0.745. The van der Waals surface area contributed by atoms with Crippen LogP contribution in [0.5, 0.6) is 0 Å². The van der Waals surface area contributed by atoms with Gasteiger partial charge < -0.3 is 0 Å². The van der Waals surface area contributed by atoms with Gasteiger partial charge in [0.1, 0.15) is 7.28 Å². The van der Waals surface area contributed by atoms with Crippen molar-refractivity contribution >= 4 is 7.28 Å². The van der Waals surface area contributed by atoms with Gasteiger partial charge in [0.25, 0.3) is 0 Å². The van der Waals surface area contributed by atoms with Crippen LogP contribution in [0.2, 0.25) is 13.1 Å². The monoisotopic (exact) mass is 95.1 g/mol. The molecule has 0 aromatic heterocycles. The fourth-order valence-corrected chi connectivity index (χ4v) is 0.910. The van der Waals surface area contributed by atoms with Gasteiger partial charge in [-0.1, -0.05) is 20.1 Å². The molecule has 0 aromatic carbocycles. The van der Waals surface area contributed by atoms with Crippen molar-refractivity contribution in [1.29, 1.82) is 0 Å². The van der Waals surface area contributed by atoms with E-state index < -0.39 is 0 Å². The second-order valence-electron chi connectivity index (χ2n) is 2.92. The molecule has 1 radical (unpaired) electrons. The van der Waals surface area contributed by atoms with E-state index in [1.54, 1.807) is 0 Å². The largest absolute Gasteiger partial charge is 0.106 e. The quantitative estimate of drug-likeness (QED) is 0.460. The lowest BCUT2D eigenvalue weighted by Gasteiger charge is -2.00. The van der Waals surface area contributed by atoms with Gasteiger partial charge in [-0.05, 0) is 18.3 Å². The van der Waals surface area contributed by atoms with Crippen LogP contribution in [0.15, 0.2) is 0 Å². The summed E-state index contributed by atoms with van der Waals surface area (Å²) in [6.07, 6.45) is 4.24. The highest BCUT2D eigenvalue weighted by Gasteiger charge is 2.35. The maximum absolute atomic E-state index is 2.35. The van der Waals surface area contributed by atoms with E-state index in [9.17, 15) is 0 Å². The molecule has 0 atom stereocenters. The molecule has 1 aliphatic rings. The van der Waals surface area contributed by atoms with Gasteiger partial charge in [-0.25, -0.2) is 0 Å². The van der Waals surface area contributed by atoms with E-state index >= 15 is 0 Å². The first-order chi connectivity index (χ1) is 3.27. The third kappa shape index (κ3) is 1.22. The molecular weight excluding hydrogens is 82.9 g/mol. The molecule has 0 N–H and O–H groups in total. The topological polar surface area (TPSA) is 0 Å². The van der Waals surface area contributed by atoms with Gasteiger partial charge in [-0.2, -0.15) is 0 Å². The molecule has 0 amide bonds. The standard InChI is InChI=1S/C6H12B/c1-6(3-4-6)5-7-2/h3-5H2,1-2H3. The molecule has 1 aliphatic carbocycles. The number of hydrogen-bond acceptors (Lipinski definition) is 0. The van der Waals surface area contributed by atoms with Crippen molar-refractivity contribution in [3.8, 4) is 0 Å². The first-order valence-corrected chi connectivity index (χ1v) is 3.05. The van der Waals surface area contributed by atoms with Crippen LogP contribution in [0, 0.1) is 5.41 Å². The van der Waals surface area contributed by atoms with Crippen molar-refractivity contribution in [2.75, 3.05) is 0 Å². The van der Waals surface area contributed by atoms with Gasteiger partial charge in [0.05, 0.1) is 0 Å². The maximum Gasteiger partial charge on any atom is 0.106 e. The lowest BCUT2D eigenvalue weighted by atomic mass is 9.71. The molecular formula is C6H12B. The Bertz CT molecular complexity index is 64.6. The van der Waals surface area contributed by atoms with Crippen molar-refractivity contribution in [2.45, 2.75) is 32.9 Å². The van der Waals surface area contributed by atoms with E-state index in [2.05, 4.69) is 21.0 Å². The minimum Gasteiger partial charge on any atom is -0.0920 e. The summed E-state index contributed by atoms with van der Waals surface area (Å²) in [6, 6.07) is 0. The van der Waals surface area contributed by atoms with Gasteiger partial charge >= 0.3 is 0 Å². The Hall–Kier alpha value is 0.0649. The predicted molar refractivity (Wildman–Crippen MR) is 33.8 cm³/mol. The summed E-state index contributed by atoms with van der Waals surface area (Å²) in [7, 11) is 2.27. The van der Waals surface area contributed by atoms with Crippen LogP contribution in [0.25, 0.3) is 0 Å². The predicted octanol–water partition coefficient (Wildman–Crippen LogP) is 1.96. The third-order valence-electron chi connectivity index (χ3n) is 1.80. The Labute approximate surface area is 46.5 Å². The van der Waals surface area contributed by atoms with Crippen molar-refractivity contribution in [3.63, 3.8) is 0 Å². The molecule has 0 unspecified atom stereocenters. The fraction of sp³-hybridized carbons (Fsp3) is 1.00. The summed E-state index contributed by atoms with van der Waals surface area (Å²) in [6.45, 7) is 4.50. The summed E-state index contributed by atoms with van der Waals surface area (Å²) in [4.78, 5) is 0. The fourth-order valence-electron chi connectivity index (χ4n) is 0.910. The van der Waals surface area contributed by atoms with E-state index in [-0.39, 0.29) is 0 Å². The third-order valence-corrected chi connectivity index (χ3v) is 1.80. The Morgan fingerprint density at radius 1 is 1.57 bits per heavy atom. The van der Waals surface area contributed by atoms with Gasteiger partial charge in [0.2, 0.25) is 0 Å². The van der Waals surface area contributed by atoms with Gasteiger partial charge in [0, 0.05) is 0 Å². The maximum atomic E-state index is 2.35. The minimum absolute atomic E-state index is 0.745. The van der Waals surface area contributed by atoms with Crippen LogP contribution in [0.3, 0.4) is 0 Å². The average molecular weight is 95.0 g/mol. The highest BCUT2D eigenvalue weighted by molar-refractivity contribution is 6.33. The Balaban J connectivity index is 2.13. The zero-order chi connectivity index (χ0) is 5.33. The lowest BCUT2D eigenvalue weighted by molar-refractivity contribution is 0.648. The summed E-state index contributed by atoms with van der Waals surface area (Å²) in [5, 5.41) is 0. The summed E-state index contributed by atoms with van der Waals surface area (Å²) < 4.78 is 0. The van der Waals surface area contributed by atoms with Crippen LogP contribution in [0.1, 0.15) is 19.8 Å². The Kier molecular flexibility index (Phi) is 1.14. The van der Waals surface area contributed by atoms with Crippen LogP contribution in [-0.4, -0.2) is 7.28 Å². The van der Waals surface area contributed by atoms with Crippen molar-refractivity contribution in [2.24, 2.45) is 5.41 Å². The zero-order valence-electron chi connectivity index (χ0n) is 5.20. The van der Waals surface area contributed by atoms with Crippen LogP contribution < -0.4 is 0 Å². The van der Waals surface area contributed by atoms with Gasteiger partial charge in [-0.3, -0.25) is 0 Å². The van der Waals surface area contributed by atoms with E-state index in [0.29, 0.717) is 0 Å². The van der Waals surface area contributed by atoms with E-state index in [1.807, 2.05) is 0 Å². The SMILES string of the molecule is C[B]CC1(C)CC1. The lowest BCUT2D eigenvalue weighted by Crippen LogP contribution is -1.94. The smallest absolute Gasteiger partial charge is 0.0920 e. The number of rotatable bonds is 2. The molecule has 1 heteroatoms. The molecule has 0 saturated heterocycles. The molecule has 1 saturated carbocycles. The number of hydrogen-bond donors (Lipinski definition) is 0. The summed E-state index contributed by atoms with van der Waals surface area (Å²) >= 11 is 0. The average Bonchev–Trinajstić information content (AvgIpc) is 2.22. The van der Waals surface area contributed by atoms with Crippen LogP contribution in [0.4, 0.5) is 0 Å². The molecule has 0 heterocycles. The zero-order valence-corrected chi connectivity index (χ0v) is 5.20. The summed E-state index contributed by atoms with van der Waals surface area (Å²) in [5.74, 6) is 0. The van der Waals surface area contributed by atoms with Gasteiger partial charge in [0.15, 0.2) is 0 Å². The molecule has 0 bridgehead atoms. The molecule has 1 fully saturated rings. The highest BCUT2D eigenvalue weighted by atomic mass is 14.4. The van der Waals surface area contributed by atoms with Crippen LogP contribution >= 0.6 is 0 Å². The molecule has 1 rings (SSSR count). The van der Waals surface area contributed by atoms with E-state index in [4.69, 9.17) is 0 Å². The Morgan fingerprint density at radius 3 is 2.29 bits per heavy atom. The van der Waals surface area contributed by atoms with Crippen molar-refractivity contribution in [3.05, 3.63) is 0 Å². The van der Waals surface area contributed by atoms with Crippen molar-refractivity contribution < 1.29 is 0 Å².